The van der Waals surface area contributed by atoms with Crippen LogP contribution in [0.1, 0.15) is 26.3 Å². The molecule has 0 aliphatic carbocycles. The summed E-state index contributed by atoms with van der Waals surface area (Å²) in [6.45, 7) is 5.27. The summed E-state index contributed by atoms with van der Waals surface area (Å²) in [4.78, 5) is 52.5. The van der Waals surface area contributed by atoms with Crippen molar-refractivity contribution in [2.75, 3.05) is 27.2 Å². The molecule has 0 bridgehead atoms. The fourth-order valence-electron chi connectivity index (χ4n) is 3.09. The van der Waals surface area contributed by atoms with Crippen molar-refractivity contribution in [1.82, 2.24) is 25.8 Å². The number of amides is 4. The molecule has 2 atom stereocenters. The van der Waals surface area contributed by atoms with Crippen LogP contribution >= 0.6 is 0 Å². The molecule has 1 heterocycles. The first-order valence-corrected chi connectivity index (χ1v) is 10.8. The van der Waals surface area contributed by atoms with Gasteiger partial charge in [-0.2, -0.15) is 0 Å². The molecule has 1 aromatic carbocycles. The van der Waals surface area contributed by atoms with Crippen LogP contribution in [0.5, 0.6) is 5.75 Å². The monoisotopic (exact) mass is 459 g/mol. The number of likely N-dealkylation sites (N-methyl/N-ethyl adjacent to an activating group) is 1. The smallest absolute Gasteiger partial charge is 0.246 e. The number of methoxy groups -OCH3 is 1. The first kappa shape index (κ1) is 25.9. The summed E-state index contributed by atoms with van der Waals surface area (Å²) in [5, 5.41) is 8.07. The molecule has 2 rings (SSSR count). The molecule has 1 aliphatic rings. The summed E-state index contributed by atoms with van der Waals surface area (Å²) in [5.41, 5.74) is 0.926. The van der Waals surface area contributed by atoms with E-state index in [2.05, 4.69) is 16.0 Å². The van der Waals surface area contributed by atoms with E-state index in [1.165, 1.54) is 16.0 Å². The van der Waals surface area contributed by atoms with E-state index in [0.717, 1.165) is 11.3 Å². The molecule has 1 aromatic rings. The van der Waals surface area contributed by atoms with Gasteiger partial charge in [-0.25, -0.2) is 0 Å². The largest absolute Gasteiger partial charge is 0.497 e. The van der Waals surface area contributed by atoms with Crippen LogP contribution in [0, 0.1) is 5.92 Å². The Labute approximate surface area is 194 Å². The lowest BCUT2D eigenvalue weighted by Gasteiger charge is -2.29. The van der Waals surface area contributed by atoms with Gasteiger partial charge in [-0.15, -0.1) is 0 Å². The highest BCUT2D eigenvalue weighted by Gasteiger charge is 2.28. The molecule has 3 N–H and O–H groups in total. The fourth-order valence-corrected chi connectivity index (χ4v) is 3.09. The summed E-state index contributed by atoms with van der Waals surface area (Å²) < 4.78 is 5.13. The zero-order chi connectivity index (χ0) is 24.5. The molecular weight excluding hydrogens is 426 g/mol. The van der Waals surface area contributed by atoms with Crippen LogP contribution in [-0.4, -0.2) is 72.8 Å². The van der Waals surface area contributed by atoms with Crippen LogP contribution in [0.3, 0.4) is 0 Å². The fraction of sp³-hybridized carbons (Fsp3) is 0.478. The molecule has 0 spiro atoms. The number of rotatable bonds is 10. The van der Waals surface area contributed by atoms with Crippen LogP contribution < -0.4 is 20.7 Å². The molecule has 0 saturated heterocycles. The van der Waals surface area contributed by atoms with Crippen molar-refractivity contribution in [1.29, 1.82) is 0 Å². The highest BCUT2D eigenvalue weighted by Crippen LogP contribution is 2.15. The van der Waals surface area contributed by atoms with Gasteiger partial charge in [0.2, 0.25) is 23.6 Å². The van der Waals surface area contributed by atoms with Crippen LogP contribution in [-0.2, 0) is 25.7 Å². The Balaban J connectivity index is 1.90. The molecule has 0 saturated carbocycles. The van der Waals surface area contributed by atoms with Gasteiger partial charge in [0.15, 0.2) is 0 Å². The number of nitrogens with zero attached hydrogens (tertiary/aromatic N) is 2. The van der Waals surface area contributed by atoms with E-state index in [1.54, 1.807) is 41.1 Å². The third kappa shape index (κ3) is 7.31. The van der Waals surface area contributed by atoms with Crippen molar-refractivity contribution in [3.05, 3.63) is 42.2 Å². The second-order valence-corrected chi connectivity index (χ2v) is 8.15. The first-order chi connectivity index (χ1) is 15.7. The molecule has 0 unspecified atom stereocenters. The molecule has 0 fully saturated rings. The number of carbonyl (C=O) groups excluding carboxylic acids is 4. The molecule has 4 amide bonds. The normalized spacial score (nSPS) is 15.3. The highest BCUT2D eigenvalue weighted by atomic mass is 16.5. The van der Waals surface area contributed by atoms with Crippen molar-refractivity contribution in [3.63, 3.8) is 0 Å². The zero-order valence-corrected chi connectivity index (χ0v) is 19.8. The quantitative estimate of drug-likeness (QED) is 0.460. The molecule has 0 radical (unpaired) electrons. The minimum Gasteiger partial charge on any atom is -0.497 e. The third-order valence-electron chi connectivity index (χ3n) is 5.37. The van der Waals surface area contributed by atoms with Gasteiger partial charge in [0.1, 0.15) is 18.3 Å². The molecule has 33 heavy (non-hydrogen) atoms. The van der Waals surface area contributed by atoms with E-state index < -0.39 is 23.9 Å². The molecule has 0 aromatic heterocycles. The minimum absolute atomic E-state index is 0.120. The maximum atomic E-state index is 12.6. The van der Waals surface area contributed by atoms with Crippen molar-refractivity contribution < 1.29 is 23.9 Å². The maximum Gasteiger partial charge on any atom is 0.246 e. The van der Waals surface area contributed by atoms with Crippen molar-refractivity contribution in [3.8, 4) is 5.75 Å². The summed E-state index contributed by atoms with van der Waals surface area (Å²) >= 11 is 0. The predicted octanol–water partition coefficient (Wildman–Crippen LogP) is 0.202. The lowest BCUT2D eigenvalue weighted by molar-refractivity contribution is -0.139. The van der Waals surface area contributed by atoms with Gasteiger partial charge >= 0.3 is 0 Å². The summed E-state index contributed by atoms with van der Waals surface area (Å²) in [6.07, 6.45) is 3.07. The van der Waals surface area contributed by atoms with Gasteiger partial charge in [0.05, 0.1) is 26.2 Å². The Morgan fingerprint density at radius 1 is 1.06 bits per heavy atom. The molecule has 180 valence electrons. The third-order valence-corrected chi connectivity index (χ3v) is 5.37. The number of carbonyl (C=O) groups is 4. The van der Waals surface area contributed by atoms with E-state index in [1.807, 2.05) is 24.3 Å². The summed E-state index contributed by atoms with van der Waals surface area (Å²) in [6, 6.07) is 6.14. The Morgan fingerprint density at radius 2 is 1.73 bits per heavy atom. The first-order valence-electron chi connectivity index (χ1n) is 10.8. The number of ether oxygens (including phenoxy) is 1. The summed E-state index contributed by atoms with van der Waals surface area (Å²) in [7, 11) is 3.24. The van der Waals surface area contributed by atoms with Gasteiger partial charge in [0, 0.05) is 12.4 Å². The van der Waals surface area contributed by atoms with Gasteiger partial charge in [-0.1, -0.05) is 26.0 Å². The van der Waals surface area contributed by atoms with E-state index >= 15 is 0 Å². The van der Waals surface area contributed by atoms with Crippen LogP contribution in [0.4, 0.5) is 0 Å². The zero-order valence-electron chi connectivity index (χ0n) is 19.8. The van der Waals surface area contributed by atoms with E-state index in [-0.39, 0.29) is 30.8 Å². The van der Waals surface area contributed by atoms with Gasteiger partial charge in [0.25, 0.3) is 0 Å². The number of benzene rings is 1. The SMILES string of the molecule is CN[C@@H](C)C(=O)N[C@H](C(=O)NCC(=O)N1C=CN(Cc2ccc(OC)cc2)C(=O)C1)C(C)C. The standard InChI is InChI=1S/C23H33N5O5/c1-15(2)21(26-22(31)16(3)24-4)23(32)25-12-19(29)28-11-10-27(20(30)14-28)13-17-6-8-18(33-5)9-7-17/h6-11,15-16,21,24H,12-14H2,1-5H3,(H,25,32)(H,26,31)/t16-,21-/m0/s1. The maximum absolute atomic E-state index is 12.6. The van der Waals surface area contributed by atoms with Gasteiger partial charge in [-0.3, -0.25) is 19.2 Å². The van der Waals surface area contributed by atoms with Crippen LogP contribution in [0.15, 0.2) is 36.7 Å². The van der Waals surface area contributed by atoms with E-state index in [9.17, 15) is 19.2 Å². The lowest BCUT2D eigenvalue weighted by Crippen LogP contribution is -2.55. The van der Waals surface area contributed by atoms with Crippen LogP contribution in [0.2, 0.25) is 0 Å². The average molecular weight is 460 g/mol. The van der Waals surface area contributed by atoms with E-state index in [4.69, 9.17) is 4.74 Å². The number of hydrogen-bond acceptors (Lipinski definition) is 6. The molecule has 10 heteroatoms. The minimum atomic E-state index is -0.778. The average Bonchev–Trinajstić information content (AvgIpc) is 2.81. The molecule has 1 aliphatic heterocycles. The number of hydrogen-bond donors (Lipinski definition) is 3. The van der Waals surface area contributed by atoms with Crippen molar-refractivity contribution in [2.24, 2.45) is 5.92 Å². The predicted molar refractivity (Wildman–Crippen MR) is 123 cm³/mol. The van der Waals surface area contributed by atoms with Crippen molar-refractivity contribution >= 4 is 23.6 Å². The van der Waals surface area contributed by atoms with E-state index in [0.29, 0.717) is 6.54 Å². The van der Waals surface area contributed by atoms with Crippen LogP contribution in [0.25, 0.3) is 0 Å². The van der Waals surface area contributed by atoms with Gasteiger partial charge < -0.3 is 30.5 Å². The Kier molecular flexibility index (Phi) is 9.41. The Bertz CT molecular complexity index is 884. The molecular formula is C23H33N5O5. The lowest BCUT2D eigenvalue weighted by atomic mass is 10.0. The second kappa shape index (κ2) is 12.0. The topological polar surface area (TPSA) is 120 Å². The summed E-state index contributed by atoms with van der Waals surface area (Å²) in [5.74, 6) is -0.858. The number of nitrogens with one attached hydrogen (secondary N) is 3. The Hall–Kier alpha value is -3.40. The Morgan fingerprint density at radius 3 is 2.27 bits per heavy atom. The highest BCUT2D eigenvalue weighted by molar-refractivity contribution is 5.93. The van der Waals surface area contributed by atoms with Crippen molar-refractivity contribution in [2.45, 2.75) is 39.4 Å². The second-order valence-electron chi connectivity index (χ2n) is 8.15. The molecule has 10 nitrogen and oxygen atoms in total. The van der Waals surface area contributed by atoms with Gasteiger partial charge in [-0.05, 0) is 37.6 Å².